The van der Waals surface area contributed by atoms with Gasteiger partial charge in [0.25, 0.3) is 21.8 Å². The second kappa shape index (κ2) is 15.2. The Morgan fingerprint density at radius 2 is 1.39 bits per heavy atom. The van der Waals surface area contributed by atoms with Crippen molar-refractivity contribution in [3.05, 3.63) is 130 Å². The Kier molecular flexibility index (Phi) is 11.2. The van der Waals surface area contributed by atoms with E-state index >= 15 is 0 Å². The molecule has 0 unspecified atom stereocenters. The van der Waals surface area contributed by atoms with Gasteiger partial charge < -0.3 is 15.4 Å². The molecule has 0 fully saturated rings. The number of nitrogens with one attached hydrogen (secondary N) is 4. The molecule has 44 heavy (non-hydrogen) atoms. The summed E-state index contributed by atoms with van der Waals surface area (Å²) in [6.07, 6.45) is -0.851. The molecule has 4 aromatic rings. The summed E-state index contributed by atoms with van der Waals surface area (Å²) in [4.78, 5) is 37.9. The third kappa shape index (κ3) is 9.73. The number of carbonyl (C=O) groups excluding carboxylic acids is 3. The maximum Gasteiger partial charge on any atom is 0.408 e. The van der Waals surface area contributed by atoms with Gasteiger partial charge in [0.1, 0.15) is 12.6 Å². The predicted octanol–water partition coefficient (Wildman–Crippen LogP) is 4.92. The monoisotopic (exact) mass is 694 g/mol. The van der Waals surface area contributed by atoms with Gasteiger partial charge in [-0.05, 0) is 71.9 Å². The summed E-state index contributed by atoms with van der Waals surface area (Å²) in [7, 11) is -4.32. The van der Waals surface area contributed by atoms with Crippen LogP contribution < -0.4 is 20.7 Å². The summed E-state index contributed by atoms with van der Waals surface area (Å²) in [5, 5.41) is 7.84. The van der Waals surface area contributed by atoms with Crippen molar-refractivity contribution in [2.75, 3.05) is 5.32 Å². The van der Waals surface area contributed by atoms with Gasteiger partial charge >= 0.3 is 6.09 Å². The van der Waals surface area contributed by atoms with Crippen LogP contribution in [0, 0.1) is 0 Å². The van der Waals surface area contributed by atoms with E-state index in [4.69, 9.17) is 17.0 Å². The van der Waals surface area contributed by atoms with Crippen molar-refractivity contribution in [2.24, 2.45) is 0 Å². The highest BCUT2D eigenvalue weighted by atomic mass is 79.9. The normalized spacial score (nSPS) is 11.5. The van der Waals surface area contributed by atoms with Gasteiger partial charge in [-0.2, -0.15) is 0 Å². The Morgan fingerprint density at radius 3 is 2.00 bits per heavy atom. The Balaban J connectivity index is 1.38. The molecule has 4 rings (SSSR count). The van der Waals surface area contributed by atoms with E-state index in [1.165, 1.54) is 24.3 Å². The average molecular weight is 696 g/mol. The number of carbonyl (C=O) groups is 3. The molecule has 0 radical (unpaired) electrons. The van der Waals surface area contributed by atoms with E-state index in [-0.39, 0.29) is 23.0 Å². The molecule has 10 nitrogen and oxygen atoms in total. The van der Waals surface area contributed by atoms with E-state index < -0.39 is 34.0 Å². The fourth-order valence-corrected chi connectivity index (χ4v) is 5.38. The van der Waals surface area contributed by atoms with Crippen LogP contribution in [0.2, 0.25) is 0 Å². The molecule has 1 atom stereocenters. The first-order valence-corrected chi connectivity index (χ1v) is 15.8. The molecular formula is C31H27BrN4O6S2. The average Bonchev–Trinajstić information content (AvgIpc) is 3.01. The quantitative estimate of drug-likeness (QED) is 0.172. The molecule has 0 aliphatic carbocycles. The summed E-state index contributed by atoms with van der Waals surface area (Å²) in [5.41, 5.74) is 2.26. The first-order valence-electron chi connectivity index (χ1n) is 13.1. The largest absolute Gasteiger partial charge is 0.445 e. The molecule has 0 aliphatic rings. The summed E-state index contributed by atoms with van der Waals surface area (Å²) in [5.74, 6) is -1.36. The minimum absolute atomic E-state index is 0.0100. The van der Waals surface area contributed by atoms with Crippen molar-refractivity contribution in [1.29, 1.82) is 0 Å². The minimum Gasteiger partial charge on any atom is -0.445 e. The molecule has 0 saturated carbocycles. The summed E-state index contributed by atoms with van der Waals surface area (Å²) >= 11 is 8.50. The van der Waals surface area contributed by atoms with E-state index in [1.807, 2.05) is 10.8 Å². The molecule has 0 spiro atoms. The fraction of sp³-hybridized carbons (Fsp3) is 0.0968. The van der Waals surface area contributed by atoms with Crippen molar-refractivity contribution in [2.45, 2.75) is 24.0 Å². The molecule has 0 aliphatic heterocycles. The summed E-state index contributed by atoms with van der Waals surface area (Å²) in [6.45, 7) is -0.0254. The van der Waals surface area contributed by atoms with E-state index in [2.05, 4.69) is 31.9 Å². The van der Waals surface area contributed by atoms with E-state index in [1.54, 1.807) is 78.9 Å². The Morgan fingerprint density at radius 1 is 0.795 bits per heavy atom. The third-order valence-electron chi connectivity index (χ3n) is 6.09. The lowest BCUT2D eigenvalue weighted by Crippen LogP contribution is -2.49. The van der Waals surface area contributed by atoms with Crippen molar-refractivity contribution < 1.29 is 27.5 Å². The van der Waals surface area contributed by atoms with Crippen molar-refractivity contribution >= 4 is 66.9 Å². The standard InChI is InChI=1S/C31H27BrN4O6S2/c32-24-13-11-23(12-14-24)28(37)35-30(43)33-25-15-17-26(18-16-25)44(40,41)36-29(38)27(19-21-7-3-1-4-8-21)34-31(39)42-20-22-9-5-2-6-10-22/h1-18,27H,19-20H2,(H,34,39)(H,36,38)(H2,33,35,37,43)/t27-/m0/s1. The maximum absolute atomic E-state index is 13.2. The number of sulfonamides is 1. The summed E-state index contributed by atoms with van der Waals surface area (Å²) < 4.78 is 34.2. The van der Waals surface area contributed by atoms with Gasteiger partial charge in [-0.3, -0.25) is 14.9 Å². The SMILES string of the molecule is O=C(N[C@@H](Cc1ccccc1)C(=O)NS(=O)(=O)c1ccc(NC(=S)NC(=O)c2ccc(Br)cc2)cc1)OCc1ccccc1. The topological polar surface area (TPSA) is 143 Å². The minimum atomic E-state index is -4.32. The number of benzene rings is 4. The fourth-order valence-electron chi connectivity index (χ4n) is 3.88. The van der Waals surface area contributed by atoms with Gasteiger partial charge in [0.15, 0.2) is 5.11 Å². The molecular weight excluding hydrogens is 668 g/mol. The van der Waals surface area contributed by atoms with Crippen LogP contribution in [0.1, 0.15) is 21.5 Å². The van der Waals surface area contributed by atoms with Crippen LogP contribution in [0.25, 0.3) is 0 Å². The molecule has 0 heterocycles. The molecule has 13 heteroatoms. The molecule has 4 aromatic carbocycles. The molecule has 0 bridgehead atoms. The zero-order chi connectivity index (χ0) is 31.5. The van der Waals surface area contributed by atoms with Gasteiger partial charge in [0, 0.05) is 22.1 Å². The number of alkyl carbamates (subject to hydrolysis) is 1. The van der Waals surface area contributed by atoms with Crippen LogP contribution in [-0.4, -0.2) is 37.5 Å². The molecule has 0 saturated heterocycles. The van der Waals surface area contributed by atoms with E-state index in [0.29, 0.717) is 16.8 Å². The molecule has 4 N–H and O–H groups in total. The zero-order valence-electron chi connectivity index (χ0n) is 23.0. The lowest BCUT2D eigenvalue weighted by Gasteiger charge is -2.19. The van der Waals surface area contributed by atoms with E-state index in [9.17, 15) is 22.8 Å². The van der Waals surface area contributed by atoms with Gasteiger partial charge in [0.2, 0.25) is 0 Å². The predicted molar refractivity (Wildman–Crippen MR) is 173 cm³/mol. The number of halogens is 1. The van der Waals surface area contributed by atoms with Crippen LogP contribution in [0.15, 0.2) is 119 Å². The lowest BCUT2D eigenvalue weighted by atomic mass is 10.1. The van der Waals surface area contributed by atoms with Gasteiger partial charge in [-0.1, -0.05) is 76.6 Å². The number of hydrogen-bond donors (Lipinski definition) is 4. The molecule has 3 amide bonds. The number of ether oxygens (including phenoxy) is 1. The first-order chi connectivity index (χ1) is 21.1. The van der Waals surface area contributed by atoms with Crippen molar-refractivity contribution in [1.82, 2.24) is 15.4 Å². The second-order valence-electron chi connectivity index (χ2n) is 9.36. The number of amides is 3. The first kappa shape index (κ1) is 32.3. The molecule has 226 valence electrons. The van der Waals surface area contributed by atoms with Gasteiger partial charge in [-0.25, -0.2) is 17.9 Å². The van der Waals surface area contributed by atoms with Crippen LogP contribution in [0.4, 0.5) is 10.5 Å². The highest BCUT2D eigenvalue weighted by Gasteiger charge is 2.27. The second-order valence-corrected chi connectivity index (χ2v) is 12.4. The highest BCUT2D eigenvalue weighted by Crippen LogP contribution is 2.15. The number of hydrogen-bond acceptors (Lipinski definition) is 7. The number of rotatable bonds is 10. The summed E-state index contributed by atoms with van der Waals surface area (Å²) in [6, 6.07) is 28.7. The van der Waals surface area contributed by atoms with E-state index in [0.717, 1.165) is 10.0 Å². The number of anilines is 1. The van der Waals surface area contributed by atoms with Crippen LogP contribution in [-0.2, 0) is 32.6 Å². The Hall–Kier alpha value is -4.59. The van der Waals surface area contributed by atoms with Gasteiger partial charge in [0.05, 0.1) is 4.90 Å². The maximum atomic E-state index is 13.2. The van der Waals surface area contributed by atoms with Crippen LogP contribution >= 0.6 is 28.1 Å². The number of thiocarbonyl (C=S) groups is 1. The highest BCUT2D eigenvalue weighted by molar-refractivity contribution is 9.10. The van der Waals surface area contributed by atoms with Crippen molar-refractivity contribution in [3.63, 3.8) is 0 Å². The van der Waals surface area contributed by atoms with Crippen LogP contribution in [0.3, 0.4) is 0 Å². The van der Waals surface area contributed by atoms with Crippen molar-refractivity contribution in [3.8, 4) is 0 Å². The molecule has 0 aromatic heterocycles. The lowest BCUT2D eigenvalue weighted by molar-refractivity contribution is -0.121. The van der Waals surface area contributed by atoms with Crippen LogP contribution in [0.5, 0.6) is 0 Å². The third-order valence-corrected chi connectivity index (χ3v) is 8.19. The van der Waals surface area contributed by atoms with Gasteiger partial charge in [-0.15, -0.1) is 0 Å². The Labute approximate surface area is 268 Å². The smallest absolute Gasteiger partial charge is 0.408 e. The Bertz CT molecular complexity index is 1720. The zero-order valence-corrected chi connectivity index (χ0v) is 26.2.